The second-order valence-corrected chi connectivity index (χ2v) is 4.83. The van der Waals surface area contributed by atoms with Gasteiger partial charge in [-0.25, -0.2) is 0 Å². The third kappa shape index (κ3) is 3.17. The molecule has 0 amide bonds. The van der Waals surface area contributed by atoms with Gasteiger partial charge in [0.05, 0.1) is 0 Å². The Morgan fingerprint density at radius 2 is 1.90 bits per heavy atom. The van der Waals surface area contributed by atoms with Gasteiger partial charge in [0, 0.05) is 17.3 Å². The number of nitrogen functional groups attached to an aromatic ring is 1. The van der Waals surface area contributed by atoms with Crippen LogP contribution in [-0.2, 0) is 0 Å². The minimum absolute atomic E-state index is 0.467. The monoisotopic (exact) mass is 277 g/mol. The molecule has 2 aromatic carbocycles. The molecule has 0 saturated heterocycles. The van der Waals surface area contributed by atoms with Gasteiger partial charge in [-0.05, 0) is 36.8 Å². The summed E-state index contributed by atoms with van der Waals surface area (Å²) in [4.78, 5) is 4.36. The van der Waals surface area contributed by atoms with Crippen LogP contribution in [0.1, 0.15) is 17.0 Å². The van der Waals surface area contributed by atoms with E-state index in [1.54, 1.807) is 6.08 Å². The Bertz CT molecular complexity index is 790. The first kappa shape index (κ1) is 13.1. The normalized spacial score (nSPS) is 11.1. The fourth-order valence-electron chi connectivity index (χ4n) is 2.03. The van der Waals surface area contributed by atoms with Crippen LogP contribution >= 0.6 is 0 Å². The number of aryl methyl sites for hydroxylation is 1. The molecule has 2 N–H and O–H groups in total. The molecule has 0 aliphatic rings. The maximum atomic E-state index is 5.74. The lowest BCUT2D eigenvalue weighted by Gasteiger charge is -1.95. The number of nitrogens with zero attached hydrogens (tertiary/aromatic N) is 2. The molecule has 104 valence electrons. The van der Waals surface area contributed by atoms with E-state index in [2.05, 4.69) is 10.1 Å². The SMILES string of the molecule is Cc1cccc(-c2noc(/C=C/c3cccc(N)c3)n2)c1. The van der Waals surface area contributed by atoms with Crippen LogP contribution in [0.25, 0.3) is 23.5 Å². The van der Waals surface area contributed by atoms with Gasteiger partial charge in [0.2, 0.25) is 5.82 Å². The lowest BCUT2D eigenvalue weighted by Crippen LogP contribution is -1.83. The predicted molar refractivity (Wildman–Crippen MR) is 84.3 cm³/mol. The minimum atomic E-state index is 0.467. The highest BCUT2D eigenvalue weighted by Gasteiger charge is 2.06. The number of hydrogen-bond donors (Lipinski definition) is 1. The minimum Gasteiger partial charge on any atom is -0.399 e. The average Bonchev–Trinajstić information content (AvgIpc) is 2.94. The van der Waals surface area contributed by atoms with E-state index in [1.165, 1.54) is 0 Å². The smallest absolute Gasteiger partial charge is 0.250 e. The molecule has 0 radical (unpaired) electrons. The standard InChI is InChI=1S/C17H15N3O/c1-12-4-2-6-14(10-12)17-19-16(21-20-17)9-8-13-5-3-7-15(18)11-13/h2-11H,18H2,1H3/b9-8+. The summed E-state index contributed by atoms with van der Waals surface area (Å²) in [5, 5.41) is 4.00. The van der Waals surface area contributed by atoms with Crippen LogP contribution in [0, 0.1) is 6.92 Å². The van der Waals surface area contributed by atoms with Gasteiger partial charge in [-0.3, -0.25) is 0 Å². The van der Waals surface area contributed by atoms with Gasteiger partial charge in [0.25, 0.3) is 5.89 Å². The molecule has 1 aromatic heterocycles. The summed E-state index contributed by atoms with van der Waals surface area (Å²) in [6.45, 7) is 2.03. The van der Waals surface area contributed by atoms with E-state index in [-0.39, 0.29) is 0 Å². The first-order valence-electron chi connectivity index (χ1n) is 6.65. The highest BCUT2D eigenvalue weighted by Crippen LogP contribution is 2.18. The van der Waals surface area contributed by atoms with E-state index in [1.807, 2.05) is 61.5 Å². The van der Waals surface area contributed by atoms with Gasteiger partial charge in [-0.1, -0.05) is 41.1 Å². The van der Waals surface area contributed by atoms with Gasteiger partial charge in [-0.2, -0.15) is 4.98 Å². The molecule has 0 fully saturated rings. The second kappa shape index (κ2) is 5.63. The Kier molecular flexibility index (Phi) is 3.51. The van der Waals surface area contributed by atoms with Crippen molar-refractivity contribution in [2.24, 2.45) is 0 Å². The highest BCUT2D eigenvalue weighted by molar-refractivity contribution is 5.68. The quantitative estimate of drug-likeness (QED) is 0.739. The molecule has 0 aliphatic carbocycles. The lowest BCUT2D eigenvalue weighted by molar-refractivity contribution is 0.411. The van der Waals surface area contributed by atoms with E-state index in [9.17, 15) is 0 Å². The summed E-state index contributed by atoms with van der Waals surface area (Å²) in [6, 6.07) is 15.6. The molecule has 3 rings (SSSR count). The van der Waals surface area contributed by atoms with E-state index in [4.69, 9.17) is 10.3 Å². The van der Waals surface area contributed by atoms with Crippen LogP contribution in [0.15, 0.2) is 53.1 Å². The summed E-state index contributed by atoms with van der Waals surface area (Å²) in [6.07, 6.45) is 3.67. The molecule has 0 bridgehead atoms. The summed E-state index contributed by atoms with van der Waals surface area (Å²) < 4.78 is 5.23. The zero-order valence-corrected chi connectivity index (χ0v) is 11.7. The maximum absolute atomic E-state index is 5.74. The third-order valence-corrected chi connectivity index (χ3v) is 3.05. The van der Waals surface area contributed by atoms with Crippen molar-refractivity contribution < 1.29 is 4.52 Å². The van der Waals surface area contributed by atoms with Crippen LogP contribution in [-0.4, -0.2) is 10.1 Å². The van der Waals surface area contributed by atoms with Gasteiger partial charge in [-0.15, -0.1) is 0 Å². The molecule has 0 atom stereocenters. The van der Waals surface area contributed by atoms with Crippen molar-refractivity contribution in [3.63, 3.8) is 0 Å². The average molecular weight is 277 g/mol. The zero-order valence-electron chi connectivity index (χ0n) is 11.7. The fourth-order valence-corrected chi connectivity index (χ4v) is 2.03. The Morgan fingerprint density at radius 1 is 1.05 bits per heavy atom. The summed E-state index contributed by atoms with van der Waals surface area (Å²) in [7, 11) is 0. The van der Waals surface area contributed by atoms with E-state index in [0.717, 1.165) is 22.4 Å². The molecule has 0 spiro atoms. The van der Waals surface area contributed by atoms with Crippen molar-refractivity contribution in [2.45, 2.75) is 6.92 Å². The number of rotatable bonds is 3. The van der Waals surface area contributed by atoms with Crippen molar-refractivity contribution in [1.29, 1.82) is 0 Å². The molecule has 0 saturated carbocycles. The van der Waals surface area contributed by atoms with Gasteiger partial charge < -0.3 is 10.3 Å². The third-order valence-electron chi connectivity index (χ3n) is 3.05. The van der Waals surface area contributed by atoms with Crippen molar-refractivity contribution in [3.05, 3.63) is 65.5 Å². The molecular weight excluding hydrogens is 262 g/mol. The van der Waals surface area contributed by atoms with E-state index < -0.39 is 0 Å². The van der Waals surface area contributed by atoms with E-state index >= 15 is 0 Å². The molecule has 4 heteroatoms. The Hall–Kier alpha value is -2.88. The molecular formula is C17H15N3O. The number of anilines is 1. The first-order valence-corrected chi connectivity index (χ1v) is 6.65. The maximum Gasteiger partial charge on any atom is 0.250 e. The van der Waals surface area contributed by atoms with Crippen LogP contribution in [0.4, 0.5) is 5.69 Å². The van der Waals surface area contributed by atoms with Crippen molar-refractivity contribution in [3.8, 4) is 11.4 Å². The number of aromatic nitrogens is 2. The predicted octanol–water partition coefficient (Wildman–Crippen LogP) is 3.80. The number of nitrogens with two attached hydrogens (primary N) is 1. The Morgan fingerprint density at radius 3 is 2.71 bits per heavy atom. The molecule has 21 heavy (non-hydrogen) atoms. The topological polar surface area (TPSA) is 64.9 Å². The molecule has 3 aromatic rings. The highest BCUT2D eigenvalue weighted by atomic mass is 16.5. The van der Waals surface area contributed by atoms with Gasteiger partial charge in [0.1, 0.15) is 0 Å². The van der Waals surface area contributed by atoms with Crippen LogP contribution in [0.2, 0.25) is 0 Å². The Labute approximate surface area is 122 Å². The number of benzene rings is 2. The van der Waals surface area contributed by atoms with Gasteiger partial charge in [0.15, 0.2) is 0 Å². The largest absolute Gasteiger partial charge is 0.399 e. The fraction of sp³-hybridized carbons (Fsp3) is 0.0588. The van der Waals surface area contributed by atoms with Crippen LogP contribution in [0.3, 0.4) is 0 Å². The number of hydrogen-bond acceptors (Lipinski definition) is 4. The molecule has 0 aliphatic heterocycles. The van der Waals surface area contributed by atoms with E-state index in [0.29, 0.717) is 11.7 Å². The van der Waals surface area contributed by atoms with Crippen molar-refractivity contribution in [1.82, 2.24) is 10.1 Å². The summed E-state index contributed by atoms with van der Waals surface area (Å²) in [5.41, 5.74) is 9.56. The van der Waals surface area contributed by atoms with Crippen LogP contribution < -0.4 is 5.73 Å². The van der Waals surface area contributed by atoms with Gasteiger partial charge >= 0.3 is 0 Å². The molecule has 0 unspecified atom stereocenters. The van der Waals surface area contributed by atoms with Crippen molar-refractivity contribution >= 4 is 17.8 Å². The molecule has 4 nitrogen and oxygen atoms in total. The second-order valence-electron chi connectivity index (χ2n) is 4.83. The summed E-state index contributed by atoms with van der Waals surface area (Å²) >= 11 is 0. The lowest BCUT2D eigenvalue weighted by atomic mass is 10.1. The van der Waals surface area contributed by atoms with Crippen LogP contribution in [0.5, 0.6) is 0 Å². The van der Waals surface area contributed by atoms with Crippen molar-refractivity contribution in [2.75, 3.05) is 5.73 Å². The zero-order chi connectivity index (χ0) is 14.7. The Balaban J connectivity index is 1.82. The summed E-state index contributed by atoms with van der Waals surface area (Å²) in [5.74, 6) is 1.06. The molecule has 1 heterocycles. The first-order chi connectivity index (χ1) is 10.2.